The monoisotopic (exact) mass is 312 g/mol. The van der Waals surface area contributed by atoms with Gasteiger partial charge in [-0.25, -0.2) is 0 Å². The van der Waals surface area contributed by atoms with E-state index in [4.69, 9.17) is 4.42 Å². The highest BCUT2D eigenvalue weighted by Crippen LogP contribution is 2.22. The van der Waals surface area contributed by atoms with Gasteiger partial charge < -0.3 is 9.52 Å². The smallest absolute Gasteiger partial charge is 0.0935 e. The predicted octanol–water partition coefficient (Wildman–Crippen LogP) is 3.74. The molecular formula is C13H13BrO2S. The molecule has 0 saturated carbocycles. The van der Waals surface area contributed by atoms with Gasteiger partial charge in [0.2, 0.25) is 0 Å². The van der Waals surface area contributed by atoms with Gasteiger partial charge in [0.15, 0.2) is 0 Å². The molecule has 0 aliphatic carbocycles. The SMILES string of the molecule is OC(CSc1ccc(Br)cc1)Cc1ccoc1. The zero-order valence-electron chi connectivity index (χ0n) is 9.17. The number of hydrogen-bond donors (Lipinski definition) is 1. The van der Waals surface area contributed by atoms with Crippen LogP contribution in [-0.4, -0.2) is 17.0 Å². The van der Waals surface area contributed by atoms with E-state index in [2.05, 4.69) is 15.9 Å². The minimum Gasteiger partial charge on any atom is -0.472 e. The van der Waals surface area contributed by atoms with Gasteiger partial charge in [0.25, 0.3) is 0 Å². The molecule has 0 fully saturated rings. The van der Waals surface area contributed by atoms with E-state index in [1.165, 1.54) is 4.90 Å². The van der Waals surface area contributed by atoms with E-state index >= 15 is 0 Å². The maximum Gasteiger partial charge on any atom is 0.0935 e. The van der Waals surface area contributed by atoms with Crippen molar-refractivity contribution in [2.24, 2.45) is 0 Å². The van der Waals surface area contributed by atoms with Crippen LogP contribution in [0.1, 0.15) is 5.56 Å². The van der Waals surface area contributed by atoms with Crippen LogP contribution in [0, 0.1) is 0 Å². The van der Waals surface area contributed by atoms with E-state index in [1.54, 1.807) is 24.3 Å². The molecule has 90 valence electrons. The molecule has 0 aliphatic rings. The molecule has 2 rings (SSSR count). The van der Waals surface area contributed by atoms with Gasteiger partial charge in [-0.1, -0.05) is 15.9 Å². The lowest BCUT2D eigenvalue weighted by atomic mass is 10.2. The molecule has 0 amide bonds. The molecule has 0 aliphatic heterocycles. The Morgan fingerprint density at radius 2 is 2.00 bits per heavy atom. The molecule has 1 N–H and O–H groups in total. The van der Waals surface area contributed by atoms with Crippen molar-refractivity contribution < 1.29 is 9.52 Å². The minimum atomic E-state index is -0.346. The van der Waals surface area contributed by atoms with E-state index in [0.717, 1.165) is 10.0 Å². The van der Waals surface area contributed by atoms with Crippen molar-refractivity contribution in [1.82, 2.24) is 0 Å². The third kappa shape index (κ3) is 4.22. The Labute approximate surface area is 113 Å². The molecule has 17 heavy (non-hydrogen) atoms. The molecule has 2 nitrogen and oxygen atoms in total. The summed E-state index contributed by atoms with van der Waals surface area (Å²) in [4.78, 5) is 1.17. The van der Waals surface area contributed by atoms with E-state index in [-0.39, 0.29) is 6.10 Å². The maximum absolute atomic E-state index is 9.87. The highest BCUT2D eigenvalue weighted by atomic mass is 79.9. The summed E-state index contributed by atoms with van der Waals surface area (Å²) in [6, 6.07) is 9.97. The Bertz CT molecular complexity index is 439. The first kappa shape index (κ1) is 12.7. The number of hydrogen-bond acceptors (Lipinski definition) is 3. The number of thioether (sulfide) groups is 1. The van der Waals surface area contributed by atoms with Crippen molar-refractivity contribution in [2.75, 3.05) is 5.75 Å². The zero-order chi connectivity index (χ0) is 12.1. The van der Waals surface area contributed by atoms with Crippen LogP contribution in [0.25, 0.3) is 0 Å². The normalized spacial score (nSPS) is 12.6. The number of furan rings is 1. The van der Waals surface area contributed by atoms with Crippen LogP contribution >= 0.6 is 27.7 Å². The van der Waals surface area contributed by atoms with Crippen LogP contribution in [-0.2, 0) is 6.42 Å². The zero-order valence-corrected chi connectivity index (χ0v) is 11.6. The van der Waals surface area contributed by atoms with Crippen molar-refractivity contribution in [2.45, 2.75) is 17.4 Å². The molecule has 1 unspecified atom stereocenters. The molecule has 0 saturated heterocycles. The van der Waals surface area contributed by atoms with Crippen LogP contribution in [0.5, 0.6) is 0 Å². The van der Waals surface area contributed by atoms with Gasteiger partial charge in [-0.05, 0) is 35.9 Å². The Hall–Kier alpha value is -0.710. The second-order valence-corrected chi connectivity index (χ2v) is 5.76. The summed E-state index contributed by atoms with van der Waals surface area (Å²) in [5, 5.41) is 9.87. The fraction of sp³-hybridized carbons (Fsp3) is 0.231. The van der Waals surface area contributed by atoms with Crippen molar-refractivity contribution in [1.29, 1.82) is 0 Å². The lowest BCUT2D eigenvalue weighted by molar-refractivity contribution is 0.200. The van der Waals surface area contributed by atoms with Crippen LogP contribution < -0.4 is 0 Å². The Kier molecular flexibility index (Phi) is 4.71. The van der Waals surface area contributed by atoms with Gasteiger partial charge in [0.1, 0.15) is 0 Å². The number of aliphatic hydroxyl groups excluding tert-OH is 1. The van der Waals surface area contributed by atoms with E-state index in [9.17, 15) is 5.11 Å². The highest BCUT2D eigenvalue weighted by Gasteiger charge is 2.07. The first-order valence-electron chi connectivity index (χ1n) is 5.31. The summed E-state index contributed by atoms with van der Waals surface area (Å²) in [7, 11) is 0. The summed E-state index contributed by atoms with van der Waals surface area (Å²) < 4.78 is 6.04. The van der Waals surface area contributed by atoms with E-state index in [0.29, 0.717) is 12.2 Å². The van der Waals surface area contributed by atoms with Gasteiger partial charge in [-0.3, -0.25) is 0 Å². The van der Waals surface area contributed by atoms with Crippen LogP contribution in [0.3, 0.4) is 0 Å². The third-order valence-corrected chi connectivity index (χ3v) is 3.99. The van der Waals surface area contributed by atoms with Crippen molar-refractivity contribution in [3.05, 3.63) is 52.9 Å². The van der Waals surface area contributed by atoms with Gasteiger partial charge in [0.05, 0.1) is 18.6 Å². The summed E-state index contributed by atoms with van der Waals surface area (Å²) in [5.74, 6) is 0.687. The molecule has 1 aromatic carbocycles. The lowest BCUT2D eigenvalue weighted by Crippen LogP contribution is -2.12. The largest absolute Gasteiger partial charge is 0.472 e. The molecule has 2 aromatic rings. The van der Waals surface area contributed by atoms with E-state index in [1.807, 2.05) is 30.3 Å². The topological polar surface area (TPSA) is 33.4 Å². The molecule has 0 bridgehead atoms. The fourth-order valence-corrected chi connectivity index (χ4v) is 2.56. The van der Waals surface area contributed by atoms with Gasteiger partial charge in [-0.15, -0.1) is 11.8 Å². The standard InChI is InChI=1S/C13H13BrO2S/c14-11-1-3-13(4-2-11)17-9-12(15)7-10-5-6-16-8-10/h1-6,8,12,15H,7,9H2. The summed E-state index contributed by atoms with van der Waals surface area (Å²) >= 11 is 5.05. The van der Waals surface area contributed by atoms with Crippen molar-refractivity contribution in [3.8, 4) is 0 Å². The Morgan fingerprint density at radius 1 is 1.24 bits per heavy atom. The molecular weight excluding hydrogens is 300 g/mol. The quantitative estimate of drug-likeness (QED) is 0.854. The molecule has 4 heteroatoms. The summed E-state index contributed by atoms with van der Waals surface area (Å²) in [6.07, 6.45) is 3.60. The van der Waals surface area contributed by atoms with Crippen LogP contribution in [0.15, 0.2) is 56.6 Å². The number of rotatable bonds is 5. The molecule has 1 aromatic heterocycles. The fourth-order valence-electron chi connectivity index (χ4n) is 1.46. The Morgan fingerprint density at radius 3 is 2.65 bits per heavy atom. The first-order valence-corrected chi connectivity index (χ1v) is 7.09. The summed E-state index contributed by atoms with van der Waals surface area (Å²) in [5.41, 5.74) is 1.04. The van der Waals surface area contributed by atoms with Crippen LogP contribution in [0.4, 0.5) is 0 Å². The lowest BCUT2D eigenvalue weighted by Gasteiger charge is -2.08. The molecule has 1 atom stereocenters. The van der Waals surface area contributed by atoms with Gasteiger partial charge in [-0.2, -0.15) is 0 Å². The van der Waals surface area contributed by atoms with Crippen molar-refractivity contribution >= 4 is 27.7 Å². The van der Waals surface area contributed by atoms with Gasteiger partial charge >= 0.3 is 0 Å². The second-order valence-electron chi connectivity index (χ2n) is 3.75. The summed E-state index contributed by atoms with van der Waals surface area (Å²) in [6.45, 7) is 0. The van der Waals surface area contributed by atoms with Crippen molar-refractivity contribution in [3.63, 3.8) is 0 Å². The number of halogens is 1. The first-order chi connectivity index (χ1) is 8.24. The predicted molar refractivity (Wildman–Crippen MR) is 73.3 cm³/mol. The van der Waals surface area contributed by atoms with Gasteiger partial charge in [0, 0.05) is 21.5 Å². The average molecular weight is 313 g/mol. The number of benzene rings is 1. The minimum absolute atomic E-state index is 0.346. The maximum atomic E-state index is 9.87. The van der Waals surface area contributed by atoms with E-state index < -0.39 is 0 Å². The molecule has 1 heterocycles. The molecule has 0 spiro atoms. The third-order valence-electron chi connectivity index (χ3n) is 2.31. The van der Waals surface area contributed by atoms with Crippen LogP contribution in [0.2, 0.25) is 0 Å². The average Bonchev–Trinajstić information content (AvgIpc) is 2.81. The Balaban J connectivity index is 1.79. The molecule has 0 radical (unpaired) electrons. The number of aliphatic hydroxyl groups is 1. The highest BCUT2D eigenvalue weighted by molar-refractivity contribution is 9.10. The second kappa shape index (κ2) is 6.28.